The van der Waals surface area contributed by atoms with Crippen LogP contribution >= 0.6 is 0 Å². The van der Waals surface area contributed by atoms with Crippen molar-refractivity contribution >= 4 is 0 Å². The molecule has 1 aromatic rings. The van der Waals surface area contributed by atoms with Gasteiger partial charge in [0.1, 0.15) is 0 Å². The Morgan fingerprint density at radius 1 is 1.26 bits per heavy atom. The standard InChI is InChI=1S/C17H28N2/c1-14(2)18-10-11-19(3)13-15-8-9-16-6-4-5-7-17(16)12-15/h4-7,14-15,18H,8-13H2,1-3H3. The predicted octanol–water partition coefficient (Wildman–Crippen LogP) is 2.72. The van der Waals surface area contributed by atoms with Crippen LogP contribution in [0.5, 0.6) is 0 Å². The molecule has 0 amide bonds. The van der Waals surface area contributed by atoms with Crippen LogP contribution < -0.4 is 5.32 Å². The van der Waals surface area contributed by atoms with E-state index in [1.807, 2.05) is 0 Å². The molecule has 0 fully saturated rings. The van der Waals surface area contributed by atoms with Crippen molar-refractivity contribution < 1.29 is 0 Å². The first-order valence-electron chi connectivity index (χ1n) is 7.64. The number of benzene rings is 1. The SMILES string of the molecule is CC(C)NCCN(C)CC1CCc2ccccc2C1. The van der Waals surface area contributed by atoms with Gasteiger partial charge in [-0.25, -0.2) is 0 Å². The Bertz CT molecular complexity index is 387. The third kappa shape index (κ3) is 4.63. The molecule has 1 atom stereocenters. The van der Waals surface area contributed by atoms with Crippen molar-refractivity contribution in [2.24, 2.45) is 5.92 Å². The van der Waals surface area contributed by atoms with E-state index in [1.54, 1.807) is 11.1 Å². The third-order valence-corrected chi connectivity index (χ3v) is 4.06. The number of hydrogen-bond acceptors (Lipinski definition) is 2. The Balaban J connectivity index is 1.75. The summed E-state index contributed by atoms with van der Waals surface area (Å²) in [5, 5.41) is 3.49. The smallest absolute Gasteiger partial charge is 0.0104 e. The van der Waals surface area contributed by atoms with Gasteiger partial charge in [0, 0.05) is 25.7 Å². The molecule has 2 heteroatoms. The van der Waals surface area contributed by atoms with E-state index in [0.29, 0.717) is 6.04 Å². The Labute approximate surface area is 118 Å². The molecule has 1 N–H and O–H groups in total. The molecule has 0 aromatic heterocycles. The Morgan fingerprint density at radius 2 is 2.00 bits per heavy atom. The van der Waals surface area contributed by atoms with Crippen molar-refractivity contribution in [1.82, 2.24) is 10.2 Å². The number of hydrogen-bond donors (Lipinski definition) is 1. The van der Waals surface area contributed by atoms with E-state index in [1.165, 1.54) is 25.8 Å². The number of aryl methyl sites for hydroxylation is 1. The lowest BCUT2D eigenvalue weighted by atomic mass is 9.84. The minimum absolute atomic E-state index is 0.593. The molecule has 1 aliphatic carbocycles. The fraction of sp³-hybridized carbons (Fsp3) is 0.647. The first-order valence-corrected chi connectivity index (χ1v) is 7.64. The summed E-state index contributed by atoms with van der Waals surface area (Å²) in [7, 11) is 2.25. The largest absolute Gasteiger partial charge is 0.313 e. The highest BCUT2D eigenvalue weighted by Gasteiger charge is 2.19. The molecule has 0 saturated heterocycles. The zero-order valence-corrected chi connectivity index (χ0v) is 12.7. The summed E-state index contributed by atoms with van der Waals surface area (Å²) in [6, 6.07) is 9.54. The maximum Gasteiger partial charge on any atom is 0.0104 e. The van der Waals surface area contributed by atoms with E-state index in [9.17, 15) is 0 Å². The number of fused-ring (bicyclic) bond motifs is 1. The normalized spacial score (nSPS) is 18.9. The van der Waals surface area contributed by atoms with Crippen molar-refractivity contribution in [3.8, 4) is 0 Å². The summed E-state index contributed by atoms with van der Waals surface area (Å²) in [6.45, 7) is 7.89. The molecule has 0 heterocycles. The first-order chi connectivity index (χ1) is 9.15. The molecule has 2 rings (SSSR count). The van der Waals surface area contributed by atoms with Gasteiger partial charge in [0.25, 0.3) is 0 Å². The van der Waals surface area contributed by atoms with Crippen LogP contribution in [-0.4, -0.2) is 37.6 Å². The van der Waals surface area contributed by atoms with Crippen LogP contribution in [0, 0.1) is 5.92 Å². The van der Waals surface area contributed by atoms with Crippen LogP contribution in [0.25, 0.3) is 0 Å². The van der Waals surface area contributed by atoms with Crippen molar-refractivity contribution in [2.45, 2.75) is 39.2 Å². The molecule has 1 aromatic carbocycles. The van der Waals surface area contributed by atoms with Crippen molar-refractivity contribution in [2.75, 3.05) is 26.7 Å². The second-order valence-electron chi connectivity index (χ2n) is 6.25. The second-order valence-corrected chi connectivity index (χ2v) is 6.25. The average molecular weight is 260 g/mol. The van der Waals surface area contributed by atoms with Crippen LogP contribution in [0.1, 0.15) is 31.4 Å². The molecule has 0 aliphatic heterocycles. The molecule has 19 heavy (non-hydrogen) atoms. The van der Waals surface area contributed by atoms with Crippen LogP contribution in [0.2, 0.25) is 0 Å². The van der Waals surface area contributed by atoms with Gasteiger partial charge in [-0.2, -0.15) is 0 Å². The lowest BCUT2D eigenvalue weighted by Gasteiger charge is -2.28. The third-order valence-electron chi connectivity index (χ3n) is 4.06. The lowest BCUT2D eigenvalue weighted by Crippen LogP contribution is -2.36. The van der Waals surface area contributed by atoms with Crippen molar-refractivity contribution in [3.05, 3.63) is 35.4 Å². The van der Waals surface area contributed by atoms with Crippen LogP contribution in [-0.2, 0) is 12.8 Å². The molecule has 2 nitrogen and oxygen atoms in total. The number of likely N-dealkylation sites (N-methyl/N-ethyl adjacent to an activating group) is 1. The van der Waals surface area contributed by atoms with Crippen molar-refractivity contribution in [1.29, 1.82) is 0 Å². The highest BCUT2D eigenvalue weighted by Crippen LogP contribution is 2.25. The second kappa shape index (κ2) is 7.06. The summed E-state index contributed by atoms with van der Waals surface area (Å²) in [5.74, 6) is 0.832. The van der Waals surface area contributed by atoms with Crippen LogP contribution in [0.15, 0.2) is 24.3 Å². The Kier molecular flexibility index (Phi) is 5.41. The van der Waals surface area contributed by atoms with Gasteiger partial charge in [0.15, 0.2) is 0 Å². The molecule has 0 radical (unpaired) electrons. The maximum absolute atomic E-state index is 3.49. The van der Waals surface area contributed by atoms with Crippen LogP contribution in [0.3, 0.4) is 0 Å². The van der Waals surface area contributed by atoms with E-state index in [4.69, 9.17) is 0 Å². The lowest BCUT2D eigenvalue weighted by molar-refractivity contribution is 0.258. The Morgan fingerprint density at radius 3 is 2.74 bits per heavy atom. The van der Waals surface area contributed by atoms with E-state index in [2.05, 4.69) is 55.4 Å². The highest BCUT2D eigenvalue weighted by molar-refractivity contribution is 5.29. The van der Waals surface area contributed by atoms with Gasteiger partial charge < -0.3 is 10.2 Å². The van der Waals surface area contributed by atoms with Gasteiger partial charge >= 0.3 is 0 Å². The monoisotopic (exact) mass is 260 g/mol. The van der Waals surface area contributed by atoms with Crippen molar-refractivity contribution in [3.63, 3.8) is 0 Å². The fourth-order valence-corrected chi connectivity index (χ4v) is 3.01. The zero-order valence-electron chi connectivity index (χ0n) is 12.7. The molecule has 1 aliphatic rings. The fourth-order valence-electron chi connectivity index (χ4n) is 3.01. The average Bonchev–Trinajstić information content (AvgIpc) is 2.38. The zero-order chi connectivity index (χ0) is 13.7. The number of rotatable bonds is 6. The number of nitrogens with zero attached hydrogens (tertiary/aromatic N) is 1. The summed E-state index contributed by atoms with van der Waals surface area (Å²) >= 11 is 0. The van der Waals surface area contributed by atoms with Gasteiger partial charge in [-0.1, -0.05) is 38.1 Å². The molecular formula is C17H28N2. The molecule has 0 spiro atoms. The minimum atomic E-state index is 0.593. The molecule has 106 valence electrons. The van der Waals surface area contributed by atoms with E-state index < -0.39 is 0 Å². The van der Waals surface area contributed by atoms with E-state index in [-0.39, 0.29) is 0 Å². The predicted molar refractivity (Wildman–Crippen MR) is 82.6 cm³/mol. The quantitative estimate of drug-likeness (QED) is 0.846. The number of nitrogens with one attached hydrogen (secondary N) is 1. The molecular weight excluding hydrogens is 232 g/mol. The maximum atomic E-state index is 3.49. The van der Waals surface area contributed by atoms with Crippen LogP contribution in [0.4, 0.5) is 0 Å². The Hall–Kier alpha value is -0.860. The summed E-state index contributed by atoms with van der Waals surface area (Å²) in [6.07, 6.45) is 3.87. The van der Waals surface area contributed by atoms with E-state index in [0.717, 1.165) is 19.0 Å². The van der Waals surface area contributed by atoms with Gasteiger partial charge in [-0.05, 0) is 43.4 Å². The topological polar surface area (TPSA) is 15.3 Å². The summed E-state index contributed by atoms with van der Waals surface area (Å²) < 4.78 is 0. The van der Waals surface area contributed by atoms with Gasteiger partial charge in [-0.3, -0.25) is 0 Å². The molecule has 1 unspecified atom stereocenters. The summed E-state index contributed by atoms with van der Waals surface area (Å²) in [5.41, 5.74) is 3.15. The first kappa shape index (κ1) is 14.5. The highest BCUT2D eigenvalue weighted by atomic mass is 15.1. The van der Waals surface area contributed by atoms with Gasteiger partial charge in [0.2, 0.25) is 0 Å². The van der Waals surface area contributed by atoms with Gasteiger partial charge in [-0.15, -0.1) is 0 Å². The minimum Gasteiger partial charge on any atom is -0.313 e. The molecule has 0 bridgehead atoms. The van der Waals surface area contributed by atoms with E-state index >= 15 is 0 Å². The van der Waals surface area contributed by atoms with Gasteiger partial charge in [0.05, 0.1) is 0 Å². The summed E-state index contributed by atoms with van der Waals surface area (Å²) in [4.78, 5) is 2.48. The molecule has 0 saturated carbocycles.